The number of halogens is 1. The zero-order valence-corrected chi connectivity index (χ0v) is 18.2. The minimum atomic E-state index is -0.707. The fraction of sp³-hybridized carbons (Fsp3) is 0.143. The van der Waals surface area contributed by atoms with E-state index in [0.29, 0.717) is 15.8 Å². The predicted molar refractivity (Wildman–Crippen MR) is 117 cm³/mol. The van der Waals surface area contributed by atoms with Gasteiger partial charge in [0, 0.05) is 10.5 Å². The van der Waals surface area contributed by atoms with E-state index >= 15 is 0 Å². The van der Waals surface area contributed by atoms with Crippen molar-refractivity contribution in [1.82, 2.24) is 4.57 Å². The fourth-order valence-corrected chi connectivity index (χ4v) is 4.55. The Kier molecular flexibility index (Phi) is 5.65. The van der Waals surface area contributed by atoms with Gasteiger partial charge in [0.15, 0.2) is 16.0 Å². The molecule has 2 heterocycles. The van der Waals surface area contributed by atoms with E-state index in [4.69, 9.17) is 9.15 Å². The summed E-state index contributed by atoms with van der Waals surface area (Å²) in [5.41, 5.74) is 0.723. The number of thiazole rings is 1. The fourth-order valence-electron chi connectivity index (χ4n) is 2.97. The lowest BCUT2D eigenvalue weighted by Crippen LogP contribution is -2.23. The number of carbonyl (C=O) groups is 2. The summed E-state index contributed by atoms with van der Waals surface area (Å²) in [4.78, 5) is 41.6. The molecule has 4 rings (SSSR count). The third-order valence-electron chi connectivity index (χ3n) is 4.28. The van der Waals surface area contributed by atoms with E-state index in [1.54, 1.807) is 35.8 Å². The third-order valence-corrected chi connectivity index (χ3v) is 5.81. The smallest absolute Gasteiger partial charge is 0.326 e. The quantitative estimate of drug-likeness (QED) is 0.408. The van der Waals surface area contributed by atoms with Crippen LogP contribution in [0.4, 0.5) is 0 Å². The molecule has 0 N–H and O–H groups in total. The van der Waals surface area contributed by atoms with Crippen LogP contribution in [0.2, 0.25) is 0 Å². The molecule has 2 aromatic carbocycles. The summed E-state index contributed by atoms with van der Waals surface area (Å²) < 4.78 is 13.9. The Morgan fingerprint density at radius 2 is 2.00 bits per heavy atom. The highest BCUT2D eigenvalue weighted by molar-refractivity contribution is 9.10. The normalized spacial score (nSPS) is 11.9. The van der Waals surface area contributed by atoms with Crippen molar-refractivity contribution >= 4 is 60.3 Å². The molecule has 0 bridgehead atoms. The Hall–Kier alpha value is -3.04. The first-order chi connectivity index (χ1) is 14.5. The molecule has 0 saturated heterocycles. The monoisotopic (exact) mass is 486 g/mol. The maximum absolute atomic E-state index is 12.8. The van der Waals surface area contributed by atoms with E-state index in [2.05, 4.69) is 20.9 Å². The first-order valence-corrected chi connectivity index (χ1v) is 10.6. The standard InChI is InChI=1S/C21H15BrN2O5S/c1-2-28-19(26)11-24-14-8-7-12(22)9-18(14)30-21(24)23-20(27)17-10-15(25)13-5-3-4-6-16(13)29-17/h3-10H,2,11H2,1H3. The van der Waals surface area contributed by atoms with Crippen molar-refractivity contribution in [3.63, 3.8) is 0 Å². The van der Waals surface area contributed by atoms with Crippen LogP contribution in [0.5, 0.6) is 0 Å². The highest BCUT2D eigenvalue weighted by Crippen LogP contribution is 2.22. The second-order valence-electron chi connectivity index (χ2n) is 6.28. The van der Waals surface area contributed by atoms with Crippen molar-refractivity contribution in [3.8, 4) is 0 Å². The van der Waals surface area contributed by atoms with Gasteiger partial charge in [-0.25, -0.2) is 0 Å². The molecular formula is C21H15BrN2O5S. The first-order valence-electron chi connectivity index (χ1n) is 9.02. The zero-order chi connectivity index (χ0) is 21.3. The molecule has 0 saturated carbocycles. The van der Waals surface area contributed by atoms with Crippen LogP contribution in [-0.4, -0.2) is 23.1 Å². The number of fused-ring (bicyclic) bond motifs is 2. The number of hydrogen-bond donors (Lipinski definition) is 0. The van der Waals surface area contributed by atoms with Gasteiger partial charge in [0.05, 0.1) is 22.2 Å². The van der Waals surface area contributed by atoms with Crippen LogP contribution in [0.25, 0.3) is 21.2 Å². The molecule has 4 aromatic rings. The largest absolute Gasteiger partial charge is 0.465 e. The molecule has 0 spiro atoms. The van der Waals surface area contributed by atoms with Crippen LogP contribution in [0.3, 0.4) is 0 Å². The van der Waals surface area contributed by atoms with Gasteiger partial charge < -0.3 is 13.7 Å². The van der Waals surface area contributed by atoms with Gasteiger partial charge in [-0.1, -0.05) is 39.4 Å². The van der Waals surface area contributed by atoms with Gasteiger partial charge in [0.1, 0.15) is 12.1 Å². The van der Waals surface area contributed by atoms with Gasteiger partial charge in [0.2, 0.25) is 0 Å². The summed E-state index contributed by atoms with van der Waals surface area (Å²) >= 11 is 4.67. The number of carbonyl (C=O) groups excluding carboxylic acids is 2. The van der Waals surface area contributed by atoms with Crippen LogP contribution in [0.1, 0.15) is 17.5 Å². The summed E-state index contributed by atoms with van der Waals surface area (Å²) in [5.74, 6) is -1.31. The van der Waals surface area contributed by atoms with E-state index < -0.39 is 11.9 Å². The molecule has 0 fully saturated rings. The van der Waals surface area contributed by atoms with Gasteiger partial charge in [-0.05, 0) is 37.3 Å². The van der Waals surface area contributed by atoms with Crippen molar-refractivity contribution in [2.24, 2.45) is 4.99 Å². The van der Waals surface area contributed by atoms with Crippen molar-refractivity contribution in [2.75, 3.05) is 6.61 Å². The molecule has 0 atom stereocenters. The Bertz CT molecular complexity index is 1420. The lowest BCUT2D eigenvalue weighted by atomic mass is 10.2. The molecule has 9 heteroatoms. The molecule has 1 amide bonds. The van der Waals surface area contributed by atoms with Gasteiger partial charge in [0.25, 0.3) is 0 Å². The van der Waals surface area contributed by atoms with Crippen LogP contribution < -0.4 is 10.2 Å². The molecule has 30 heavy (non-hydrogen) atoms. The maximum Gasteiger partial charge on any atom is 0.326 e. The van der Waals surface area contributed by atoms with E-state index in [0.717, 1.165) is 20.8 Å². The van der Waals surface area contributed by atoms with Crippen molar-refractivity contribution in [3.05, 3.63) is 73.8 Å². The molecule has 7 nitrogen and oxygen atoms in total. The highest BCUT2D eigenvalue weighted by Gasteiger charge is 2.15. The van der Waals surface area contributed by atoms with E-state index in [9.17, 15) is 14.4 Å². The number of rotatable bonds is 4. The molecule has 0 unspecified atom stereocenters. The number of aromatic nitrogens is 1. The summed E-state index contributed by atoms with van der Waals surface area (Å²) in [6, 6.07) is 13.4. The molecule has 2 aromatic heterocycles. The highest BCUT2D eigenvalue weighted by atomic mass is 79.9. The number of benzene rings is 2. The third kappa shape index (κ3) is 3.99. The number of nitrogens with zero attached hydrogens (tertiary/aromatic N) is 2. The molecule has 0 aliphatic heterocycles. The van der Waals surface area contributed by atoms with Crippen molar-refractivity contribution < 1.29 is 18.7 Å². The van der Waals surface area contributed by atoms with Crippen molar-refractivity contribution in [2.45, 2.75) is 13.5 Å². The Morgan fingerprint density at radius 1 is 1.20 bits per heavy atom. The minimum absolute atomic E-state index is 0.0940. The SMILES string of the molecule is CCOC(=O)Cn1c(=NC(=O)c2cc(=O)c3ccccc3o2)sc2cc(Br)ccc21. The first kappa shape index (κ1) is 20.2. The predicted octanol–water partition coefficient (Wildman–Crippen LogP) is 3.88. The number of hydrogen-bond acceptors (Lipinski definition) is 6. The van der Waals surface area contributed by atoms with E-state index in [-0.39, 0.29) is 24.3 Å². The molecule has 0 aliphatic rings. The lowest BCUT2D eigenvalue weighted by molar-refractivity contribution is -0.143. The number of ether oxygens (including phenoxy) is 1. The molecule has 0 aliphatic carbocycles. The second-order valence-corrected chi connectivity index (χ2v) is 8.20. The van der Waals surface area contributed by atoms with Crippen LogP contribution in [0, 0.1) is 0 Å². The second kappa shape index (κ2) is 8.37. The lowest BCUT2D eigenvalue weighted by Gasteiger charge is -2.05. The molecule has 152 valence electrons. The summed E-state index contributed by atoms with van der Waals surface area (Å²) in [5, 5.41) is 0.387. The van der Waals surface area contributed by atoms with E-state index in [1.165, 1.54) is 11.3 Å². The Labute approximate surface area is 182 Å². The average Bonchev–Trinajstić information content (AvgIpc) is 3.04. The van der Waals surface area contributed by atoms with Crippen LogP contribution >= 0.6 is 27.3 Å². The van der Waals surface area contributed by atoms with Crippen LogP contribution in [0.15, 0.2) is 67.2 Å². The zero-order valence-electron chi connectivity index (χ0n) is 15.8. The van der Waals surface area contributed by atoms with Crippen molar-refractivity contribution in [1.29, 1.82) is 0 Å². The Morgan fingerprint density at radius 3 is 2.80 bits per heavy atom. The number of amides is 1. The van der Waals surface area contributed by atoms with Gasteiger partial charge >= 0.3 is 11.9 Å². The van der Waals surface area contributed by atoms with Gasteiger partial charge in [-0.3, -0.25) is 14.4 Å². The van der Waals surface area contributed by atoms with Gasteiger partial charge in [-0.2, -0.15) is 4.99 Å². The summed E-state index contributed by atoms with van der Waals surface area (Å²) in [6.07, 6.45) is 0. The number of esters is 1. The minimum Gasteiger partial charge on any atom is -0.465 e. The molecule has 0 radical (unpaired) electrons. The maximum atomic E-state index is 12.8. The van der Waals surface area contributed by atoms with Gasteiger partial charge in [-0.15, -0.1) is 0 Å². The van der Waals surface area contributed by atoms with E-state index in [1.807, 2.05) is 18.2 Å². The summed E-state index contributed by atoms with van der Waals surface area (Å²) in [6.45, 7) is 1.88. The number of para-hydroxylation sites is 1. The molecular weight excluding hydrogens is 472 g/mol. The topological polar surface area (TPSA) is 90.9 Å². The average molecular weight is 487 g/mol. The summed E-state index contributed by atoms with van der Waals surface area (Å²) in [7, 11) is 0. The Balaban J connectivity index is 1.84. The van der Waals surface area contributed by atoms with Crippen LogP contribution in [-0.2, 0) is 16.1 Å².